The predicted molar refractivity (Wildman–Crippen MR) is 70.2 cm³/mol. The van der Waals surface area contributed by atoms with Gasteiger partial charge >= 0.3 is 0 Å². The summed E-state index contributed by atoms with van der Waals surface area (Å²) in [5.41, 5.74) is 5.46. The van der Waals surface area contributed by atoms with E-state index < -0.39 is 0 Å². The van der Waals surface area contributed by atoms with Crippen LogP contribution in [0.3, 0.4) is 0 Å². The zero-order valence-electron chi connectivity index (χ0n) is 10.8. The van der Waals surface area contributed by atoms with Gasteiger partial charge in [0.1, 0.15) is 5.76 Å². The highest BCUT2D eigenvalue weighted by atomic mass is 16.4. The molecule has 1 aromatic heterocycles. The lowest BCUT2D eigenvalue weighted by Gasteiger charge is -2.20. The highest BCUT2D eigenvalue weighted by Crippen LogP contribution is 2.17. The van der Waals surface area contributed by atoms with Gasteiger partial charge in [-0.15, -0.1) is 0 Å². The molecule has 1 saturated carbocycles. The average molecular weight is 250 g/mol. The Kier molecular flexibility index (Phi) is 4.81. The second-order valence-electron chi connectivity index (χ2n) is 4.99. The Balaban J connectivity index is 1.88. The van der Waals surface area contributed by atoms with Crippen LogP contribution in [-0.4, -0.2) is 11.9 Å². The highest BCUT2D eigenvalue weighted by molar-refractivity contribution is 5.91. The molecule has 0 bridgehead atoms. The van der Waals surface area contributed by atoms with Gasteiger partial charge in [-0.1, -0.05) is 32.1 Å². The van der Waals surface area contributed by atoms with Crippen LogP contribution in [0.4, 0.5) is 0 Å². The quantitative estimate of drug-likeness (QED) is 0.866. The number of hydrogen-bond acceptors (Lipinski definition) is 3. The van der Waals surface area contributed by atoms with E-state index in [1.807, 2.05) is 0 Å². The summed E-state index contributed by atoms with van der Waals surface area (Å²) in [7, 11) is 0. The largest absolute Gasteiger partial charge is 0.455 e. The van der Waals surface area contributed by atoms with Crippen LogP contribution in [-0.2, 0) is 6.54 Å². The second-order valence-corrected chi connectivity index (χ2v) is 4.99. The maximum absolute atomic E-state index is 12.0. The molecule has 1 aliphatic rings. The van der Waals surface area contributed by atoms with Crippen LogP contribution in [0.2, 0.25) is 0 Å². The van der Waals surface area contributed by atoms with Gasteiger partial charge in [-0.3, -0.25) is 4.79 Å². The van der Waals surface area contributed by atoms with Crippen LogP contribution in [0.15, 0.2) is 16.5 Å². The maximum atomic E-state index is 12.0. The molecule has 18 heavy (non-hydrogen) atoms. The fourth-order valence-corrected chi connectivity index (χ4v) is 2.47. The van der Waals surface area contributed by atoms with E-state index in [0.717, 1.165) is 12.8 Å². The van der Waals surface area contributed by atoms with Gasteiger partial charge in [-0.2, -0.15) is 0 Å². The molecule has 3 N–H and O–H groups in total. The first-order chi connectivity index (χ1) is 8.79. The number of carbonyl (C=O) groups is 1. The molecule has 1 aromatic rings. The lowest BCUT2D eigenvalue weighted by atomic mass is 9.97. The van der Waals surface area contributed by atoms with E-state index in [4.69, 9.17) is 10.2 Å². The Morgan fingerprint density at radius 2 is 1.89 bits per heavy atom. The number of furan rings is 1. The summed E-state index contributed by atoms with van der Waals surface area (Å²) in [6, 6.07) is 3.75. The molecule has 1 amide bonds. The molecule has 100 valence electrons. The van der Waals surface area contributed by atoms with Crippen LogP contribution < -0.4 is 11.1 Å². The summed E-state index contributed by atoms with van der Waals surface area (Å²) in [5.74, 6) is 0.913. The van der Waals surface area contributed by atoms with Crippen molar-refractivity contribution in [3.63, 3.8) is 0 Å². The molecular weight excluding hydrogens is 228 g/mol. The first-order valence-electron chi connectivity index (χ1n) is 6.89. The van der Waals surface area contributed by atoms with Gasteiger partial charge in [0, 0.05) is 6.04 Å². The van der Waals surface area contributed by atoms with E-state index in [1.54, 1.807) is 12.1 Å². The Bertz CT molecular complexity index is 379. The number of amides is 1. The van der Waals surface area contributed by atoms with Gasteiger partial charge in [-0.25, -0.2) is 0 Å². The van der Waals surface area contributed by atoms with Crippen molar-refractivity contribution in [2.45, 2.75) is 57.5 Å². The molecule has 0 saturated heterocycles. The van der Waals surface area contributed by atoms with Crippen molar-refractivity contribution < 1.29 is 9.21 Å². The topological polar surface area (TPSA) is 68.3 Å². The van der Waals surface area contributed by atoms with Crippen molar-refractivity contribution in [3.8, 4) is 0 Å². The van der Waals surface area contributed by atoms with Crippen molar-refractivity contribution in [3.05, 3.63) is 23.7 Å². The SMILES string of the molecule is NCc1ccc(C(=O)NC2CCCCCCC2)o1. The fraction of sp³-hybridized carbons (Fsp3) is 0.643. The third-order valence-electron chi connectivity index (χ3n) is 3.53. The van der Waals surface area contributed by atoms with Gasteiger partial charge < -0.3 is 15.5 Å². The van der Waals surface area contributed by atoms with Crippen molar-refractivity contribution in [2.24, 2.45) is 5.73 Å². The highest BCUT2D eigenvalue weighted by Gasteiger charge is 2.17. The van der Waals surface area contributed by atoms with E-state index in [2.05, 4.69) is 5.32 Å². The number of hydrogen-bond donors (Lipinski definition) is 2. The molecule has 1 heterocycles. The van der Waals surface area contributed by atoms with Crippen LogP contribution in [0.1, 0.15) is 61.3 Å². The van der Waals surface area contributed by atoms with Crippen LogP contribution in [0, 0.1) is 0 Å². The van der Waals surface area contributed by atoms with Gasteiger partial charge in [-0.05, 0) is 25.0 Å². The summed E-state index contributed by atoms with van der Waals surface area (Å²) in [5, 5.41) is 3.07. The van der Waals surface area contributed by atoms with E-state index in [0.29, 0.717) is 24.1 Å². The zero-order valence-corrected chi connectivity index (χ0v) is 10.8. The average Bonchev–Trinajstić information content (AvgIpc) is 2.81. The van der Waals surface area contributed by atoms with Gasteiger partial charge in [0.25, 0.3) is 5.91 Å². The third kappa shape index (κ3) is 3.60. The van der Waals surface area contributed by atoms with Crippen molar-refractivity contribution in [2.75, 3.05) is 0 Å². The van der Waals surface area contributed by atoms with E-state index in [9.17, 15) is 4.79 Å². The van der Waals surface area contributed by atoms with Gasteiger partial charge in [0.15, 0.2) is 5.76 Å². The number of rotatable bonds is 3. The van der Waals surface area contributed by atoms with E-state index in [1.165, 1.54) is 32.1 Å². The lowest BCUT2D eigenvalue weighted by molar-refractivity contribution is 0.0900. The van der Waals surface area contributed by atoms with E-state index in [-0.39, 0.29) is 5.91 Å². The predicted octanol–water partition coefficient (Wildman–Crippen LogP) is 2.58. The minimum absolute atomic E-state index is 0.111. The lowest BCUT2D eigenvalue weighted by Crippen LogP contribution is -2.35. The Hall–Kier alpha value is -1.29. The fourth-order valence-electron chi connectivity index (χ4n) is 2.47. The van der Waals surface area contributed by atoms with Crippen molar-refractivity contribution >= 4 is 5.91 Å². The molecule has 0 radical (unpaired) electrons. The number of nitrogens with two attached hydrogens (primary N) is 1. The molecule has 0 atom stereocenters. The van der Waals surface area contributed by atoms with Crippen LogP contribution >= 0.6 is 0 Å². The van der Waals surface area contributed by atoms with Gasteiger partial charge in [0.2, 0.25) is 0 Å². The molecule has 0 aromatic carbocycles. The Morgan fingerprint density at radius 3 is 2.50 bits per heavy atom. The Morgan fingerprint density at radius 1 is 1.22 bits per heavy atom. The van der Waals surface area contributed by atoms with Crippen molar-refractivity contribution in [1.82, 2.24) is 5.32 Å². The minimum Gasteiger partial charge on any atom is -0.455 e. The summed E-state index contributed by atoms with van der Waals surface area (Å²) < 4.78 is 5.36. The summed E-state index contributed by atoms with van der Waals surface area (Å²) >= 11 is 0. The molecule has 4 heteroatoms. The minimum atomic E-state index is -0.111. The monoisotopic (exact) mass is 250 g/mol. The molecule has 1 fully saturated rings. The molecule has 0 spiro atoms. The summed E-state index contributed by atoms with van der Waals surface area (Å²) in [6.45, 7) is 0.330. The number of carbonyl (C=O) groups excluding carboxylic acids is 1. The van der Waals surface area contributed by atoms with Crippen LogP contribution in [0.5, 0.6) is 0 Å². The molecular formula is C14H22N2O2. The summed E-state index contributed by atoms with van der Waals surface area (Å²) in [4.78, 5) is 12.0. The van der Waals surface area contributed by atoms with Crippen LogP contribution in [0.25, 0.3) is 0 Å². The Labute approximate surface area is 108 Å². The second kappa shape index (κ2) is 6.59. The standard InChI is InChI=1S/C14H22N2O2/c15-10-12-8-9-13(18-12)14(17)16-11-6-4-2-1-3-5-7-11/h8-9,11H,1-7,10,15H2,(H,16,17). The van der Waals surface area contributed by atoms with Gasteiger partial charge in [0.05, 0.1) is 6.54 Å². The normalized spacial score (nSPS) is 18.1. The molecule has 2 rings (SSSR count). The molecule has 4 nitrogen and oxygen atoms in total. The first kappa shape index (κ1) is 13.1. The first-order valence-corrected chi connectivity index (χ1v) is 6.89. The van der Waals surface area contributed by atoms with Crippen molar-refractivity contribution in [1.29, 1.82) is 0 Å². The maximum Gasteiger partial charge on any atom is 0.287 e. The molecule has 0 unspecified atom stereocenters. The zero-order chi connectivity index (χ0) is 12.8. The molecule has 1 aliphatic carbocycles. The molecule has 0 aliphatic heterocycles. The third-order valence-corrected chi connectivity index (χ3v) is 3.53. The van der Waals surface area contributed by atoms with E-state index >= 15 is 0 Å². The number of nitrogens with one attached hydrogen (secondary N) is 1. The smallest absolute Gasteiger partial charge is 0.287 e. The summed E-state index contributed by atoms with van der Waals surface area (Å²) in [6.07, 6.45) is 8.47.